The molecular weight excluding hydrogens is 220 g/mol. The smallest absolute Gasteiger partial charge is 0.0484 e. The molecular formula is C16H22N2. The topological polar surface area (TPSA) is 16.1 Å². The van der Waals surface area contributed by atoms with Crippen LogP contribution in [0.15, 0.2) is 37.1 Å². The maximum Gasteiger partial charge on any atom is 0.0484 e. The van der Waals surface area contributed by atoms with Crippen molar-refractivity contribution in [1.82, 2.24) is 9.88 Å². The van der Waals surface area contributed by atoms with Gasteiger partial charge in [-0.1, -0.05) is 18.6 Å². The second-order valence-electron chi connectivity index (χ2n) is 5.77. The molecule has 2 aliphatic rings. The van der Waals surface area contributed by atoms with Crippen molar-refractivity contribution in [3.05, 3.63) is 42.7 Å². The summed E-state index contributed by atoms with van der Waals surface area (Å²) < 4.78 is 0. The Hall–Kier alpha value is -1.15. The summed E-state index contributed by atoms with van der Waals surface area (Å²) in [6, 6.07) is 6.16. The highest BCUT2D eigenvalue weighted by Crippen LogP contribution is 2.38. The number of nitrogens with zero attached hydrogens (tertiary/aromatic N) is 2. The minimum atomic E-state index is 0.380. The van der Waals surface area contributed by atoms with Crippen molar-refractivity contribution in [2.24, 2.45) is 11.8 Å². The minimum Gasteiger partial charge on any atom is -0.302 e. The van der Waals surface area contributed by atoms with Crippen molar-refractivity contribution in [2.75, 3.05) is 19.6 Å². The molecule has 1 aromatic rings. The van der Waals surface area contributed by atoms with Gasteiger partial charge in [0.15, 0.2) is 0 Å². The van der Waals surface area contributed by atoms with Crippen molar-refractivity contribution >= 4 is 0 Å². The van der Waals surface area contributed by atoms with E-state index in [1.54, 1.807) is 0 Å². The summed E-state index contributed by atoms with van der Waals surface area (Å²) >= 11 is 0. The first kappa shape index (κ1) is 11.9. The molecule has 3 rings (SSSR count). The summed E-state index contributed by atoms with van der Waals surface area (Å²) in [4.78, 5) is 7.09. The van der Waals surface area contributed by atoms with Gasteiger partial charge in [-0.25, -0.2) is 0 Å². The zero-order valence-electron chi connectivity index (χ0n) is 11.0. The second kappa shape index (κ2) is 5.23. The van der Waals surface area contributed by atoms with Crippen molar-refractivity contribution in [3.63, 3.8) is 0 Å². The molecule has 2 fully saturated rings. The Morgan fingerprint density at radius 2 is 2.11 bits per heavy atom. The summed E-state index contributed by atoms with van der Waals surface area (Å²) in [6.07, 6.45) is 8.28. The minimum absolute atomic E-state index is 0.380. The molecule has 0 amide bonds. The van der Waals surface area contributed by atoms with Crippen molar-refractivity contribution < 1.29 is 0 Å². The lowest BCUT2D eigenvalue weighted by atomic mass is 10.0. The second-order valence-corrected chi connectivity index (χ2v) is 5.77. The van der Waals surface area contributed by atoms with Crippen LogP contribution in [0.3, 0.4) is 0 Å². The van der Waals surface area contributed by atoms with E-state index in [0.717, 1.165) is 24.1 Å². The van der Waals surface area contributed by atoms with Gasteiger partial charge in [0.25, 0.3) is 0 Å². The molecule has 2 heteroatoms. The van der Waals surface area contributed by atoms with Crippen LogP contribution in [0, 0.1) is 11.8 Å². The Labute approximate surface area is 110 Å². The van der Waals surface area contributed by atoms with Gasteiger partial charge in [0.2, 0.25) is 0 Å². The zero-order valence-corrected chi connectivity index (χ0v) is 11.0. The standard InChI is InChI=1S/C16H22N2/c1-2-13(16-8-3-4-9-17-16)10-18-11-14-6-5-7-15(14)12-18/h2-4,8-9,13-15H,1,5-7,10-12H2. The highest BCUT2D eigenvalue weighted by atomic mass is 15.2. The molecule has 1 saturated carbocycles. The molecule has 18 heavy (non-hydrogen) atoms. The van der Waals surface area contributed by atoms with E-state index in [0.29, 0.717) is 5.92 Å². The lowest BCUT2D eigenvalue weighted by Gasteiger charge is -2.21. The molecule has 2 heterocycles. The van der Waals surface area contributed by atoms with E-state index in [2.05, 4.69) is 34.7 Å². The first-order valence-electron chi connectivity index (χ1n) is 7.12. The van der Waals surface area contributed by atoms with Gasteiger partial charge < -0.3 is 4.90 Å². The number of hydrogen-bond donors (Lipinski definition) is 0. The fraction of sp³-hybridized carbons (Fsp3) is 0.562. The Kier molecular flexibility index (Phi) is 3.46. The van der Waals surface area contributed by atoms with Gasteiger partial charge in [-0.2, -0.15) is 0 Å². The third-order valence-corrected chi connectivity index (χ3v) is 4.61. The molecule has 2 nitrogen and oxygen atoms in total. The molecule has 3 atom stereocenters. The van der Waals surface area contributed by atoms with Crippen LogP contribution in [0.1, 0.15) is 30.9 Å². The zero-order chi connectivity index (χ0) is 12.4. The molecule has 96 valence electrons. The van der Waals surface area contributed by atoms with Gasteiger partial charge in [0.05, 0.1) is 0 Å². The maximum atomic E-state index is 4.47. The van der Waals surface area contributed by atoms with Gasteiger partial charge >= 0.3 is 0 Å². The predicted octanol–water partition coefficient (Wildman–Crippen LogP) is 3.08. The van der Waals surface area contributed by atoms with Crippen LogP contribution in [0.4, 0.5) is 0 Å². The average molecular weight is 242 g/mol. The normalized spacial score (nSPS) is 29.1. The monoisotopic (exact) mass is 242 g/mol. The molecule has 1 saturated heterocycles. The van der Waals surface area contributed by atoms with Gasteiger partial charge in [-0.05, 0) is 36.8 Å². The Morgan fingerprint density at radius 1 is 1.33 bits per heavy atom. The van der Waals surface area contributed by atoms with Crippen molar-refractivity contribution in [2.45, 2.75) is 25.2 Å². The lowest BCUT2D eigenvalue weighted by molar-refractivity contribution is 0.302. The van der Waals surface area contributed by atoms with E-state index in [9.17, 15) is 0 Å². The molecule has 0 spiro atoms. The summed E-state index contributed by atoms with van der Waals surface area (Å²) in [5.74, 6) is 2.32. The van der Waals surface area contributed by atoms with E-state index in [-0.39, 0.29) is 0 Å². The van der Waals surface area contributed by atoms with Crippen LogP contribution in [-0.2, 0) is 0 Å². The summed E-state index contributed by atoms with van der Waals surface area (Å²) in [5, 5.41) is 0. The molecule has 1 aliphatic heterocycles. The van der Waals surface area contributed by atoms with Gasteiger partial charge in [-0.3, -0.25) is 4.98 Å². The molecule has 1 aliphatic carbocycles. The fourth-order valence-corrected chi connectivity index (χ4v) is 3.64. The number of rotatable bonds is 4. The Morgan fingerprint density at radius 3 is 2.72 bits per heavy atom. The van der Waals surface area contributed by atoms with E-state index >= 15 is 0 Å². The Balaban J connectivity index is 1.63. The summed E-state index contributed by atoms with van der Waals surface area (Å²) in [6.45, 7) is 7.66. The maximum absolute atomic E-state index is 4.47. The molecule has 0 radical (unpaired) electrons. The van der Waals surface area contributed by atoms with Gasteiger partial charge in [-0.15, -0.1) is 6.58 Å². The van der Waals surface area contributed by atoms with E-state index < -0.39 is 0 Å². The lowest BCUT2D eigenvalue weighted by Crippen LogP contribution is -2.27. The number of fused-ring (bicyclic) bond motifs is 1. The predicted molar refractivity (Wildman–Crippen MR) is 74.4 cm³/mol. The quantitative estimate of drug-likeness (QED) is 0.754. The van der Waals surface area contributed by atoms with Crippen molar-refractivity contribution in [1.29, 1.82) is 0 Å². The fourth-order valence-electron chi connectivity index (χ4n) is 3.64. The highest BCUT2D eigenvalue weighted by Gasteiger charge is 2.36. The number of pyridine rings is 1. The third kappa shape index (κ3) is 2.35. The molecule has 0 bridgehead atoms. The van der Waals surface area contributed by atoms with E-state index in [1.165, 1.54) is 32.4 Å². The van der Waals surface area contributed by atoms with Crippen LogP contribution in [0.5, 0.6) is 0 Å². The Bertz CT molecular complexity index is 389. The molecule has 0 aromatic carbocycles. The summed E-state index contributed by atoms with van der Waals surface area (Å²) in [7, 11) is 0. The van der Waals surface area contributed by atoms with Crippen LogP contribution in [0.2, 0.25) is 0 Å². The van der Waals surface area contributed by atoms with Gasteiger partial charge in [0, 0.05) is 37.4 Å². The van der Waals surface area contributed by atoms with Crippen LogP contribution < -0.4 is 0 Å². The van der Waals surface area contributed by atoms with Gasteiger partial charge in [0.1, 0.15) is 0 Å². The highest BCUT2D eigenvalue weighted by molar-refractivity contribution is 5.15. The van der Waals surface area contributed by atoms with Crippen molar-refractivity contribution in [3.8, 4) is 0 Å². The average Bonchev–Trinajstić information content (AvgIpc) is 2.97. The SMILES string of the molecule is C=CC(CN1CC2CCCC2C1)c1ccccn1. The van der Waals surface area contributed by atoms with Crippen LogP contribution >= 0.6 is 0 Å². The number of likely N-dealkylation sites (tertiary alicyclic amines) is 1. The number of aromatic nitrogens is 1. The molecule has 1 aromatic heterocycles. The summed E-state index contributed by atoms with van der Waals surface area (Å²) in [5.41, 5.74) is 1.16. The van der Waals surface area contributed by atoms with Crippen LogP contribution in [0.25, 0.3) is 0 Å². The first-order valence-corrected chi connectivity index (χ1v) is 7.12. The number of hydrogen-bond acceptors (Lipinski definition) is 2. The van der Waals surface area contributed by atoms with E-state index in [4.69, 9.17) is 0 Å². The third-order valence-electron chi connectivity index (χ3n) is 4.61. The first-order chi connectivity index (χ1) is 8.86. The van der Waals surface area contributed by atoms with Crippen LogP contribution in [-0.4, -0.2) is 29.5 Å². The molecule has 0 N–H and O–H groups in total. The molecule has 3 unspecified atom stereocenters. The van der Waals surface area contributed by atoms with E-state index in [1.807, 2.05) is 12.3 Å². The largest absolute Gasteiger partial charge is 0.302 e.